The van der Waals surface area contributed by atoms with Crippen LogP contribution in [0.15, 0.2) is 36.7 Å². The molecule has 1 atom stereocenters. The maximum absolute atomic E-state index is 4.47. The molecule has 1 saturated carbocycles. The summed E-state index contributed by atoms with van der Waals surface area (Å²) in [6, 6.07) is 8.98. The molecule has 1 heterocycles. The highest BCUT2D eigenvalue weighted by Crippen LogP contribution is 2.46. The van der Waals surface area contributed by atoms with Crippen molar-refractivity contribution in [3.05, 3.63) is 42.2 Å². The number of benzene rings is 1. The summed E-state index contributed by atoms with van der Waals surface area (Å²) in [5.41, 5.74) is 1.70. The van der Waals surface area contributed by atoms with Gasteiger partial charge in [-0.2, -0.15) is 0 Å². The summed E-state index contributed by atoms with van der Waals surface area (Å²) in [7, 11) is 2.09. The van der Waals surface area contributed by atoms with Crippen molar-refractivity contribution < 1.29 is 0 Å². The molecule has 0 amide bonds. The Morgan fingerprint density at radius 2 is 1.85 bits per heavy atom. The van der Waals surface area contributed by atoms with E-state index < -0.39 is 0 Å². The van der Waals surface area contributed by atoms with Crippen molar-refractivity contribution in [2.75, 3.05) is 7.05 Å². The molecule has 0 spiro atoms. The van der Waals surface area contributed by atoms with Crippen LogP contribution in [0.3, 0.4) is 0 Å². The van der Waals surface area contributed by atoms with Gasteiger partial charge >= 0.3 is 0 Å². The number of hydrogen-bond donors (Lipinski definition) is 1. The minimum atomic E-state index is 0.346. The fraction of sp³-hybridized carbons (Fsp3) is 0.500. The summed E-state index contributed by atoms with van der Waals surface area (Å²) >= 11 is 0. The molecule has 1 aliphatic rings. The normalized spacial score (nSPS) is 19.9. The van der Waals surface area contributed by atoms with E-state index in [4.69, 9.17) is 0 Å². The number of nitrogens with zero attached hydrogens (tertiary/aromatic N) is 1. The van der Waals surface area contributed by atoms with Crippen LogP contribution in [-0.2, 0) is 0 Å². The van der Waals surface area contributed by atoms with Crippen molar-refractivity contribution in [1.29, 1.82) is 0 Å². The van der Waals surface area contributed by atoms with E-state index in [2.05, 4.69) is 54.7 Å². The third-order valence-corrected chi connectivity index (χ3v) is 4.99. The third-order valence-electron chi connectivity index (χ3n) is 4.99. The van der Waals surface area contributed by atoms with Gasteiger partial charge in [-0.15, -0.1) is 0 Å². The number of pyridine rings is 1. The molecule has 106 valence electrons. The number of nitrogens with one attached hydrogen (secondary N) is 1. The van der Waals surface area contributed by atoms with Gasteiger partial charge in [-0.3, -0.25) is 4.98 Å². The van der Waals surface area contributed by atoms with Crippen LogP contribution in [0.1, 0.15) is 50.6 Å². The van der Waals surface area contributed by atoms with E-state index in [0.717, 1.165) is 0 Å². The maximum Gasteiger partial charge on any atom is 0.0393 e. The minimum absolute atomic E-state index is 0.346. The van der Waals surface area contributed by atoms with Crippen molar-refractivity contribution >= 4 is 10.8 Å². The average Bonchev–Trinajstić information content (AvgIpc) is 2.49. The molecule has 2 nitrogen and oxygen atoms in total. The highest BCUT2D eigenvalue weighted by molar-refractivity contribution is 5.85. The van der Waals surface area contributed by atoms with Crippen LogP contribution >= 0.6 is 0 Å². The number of hydrogen-bond acceptors (Lipinski definition) is 2. The fourth-order valence-corrected chi connectivity index (χ4v) is 3.90. The lowest BCUT2D eigenvalue weighted by Crippen LogP contribution is -2.36. The van der Waals surface area contributed by atoms with E-state index in [9.17, 15) is 0 Å². The van der Waals surface area contributed by atoms with E-state index in [-0.39, 0.29) is 0 Å². The van der Waals surface area contributed by atoms with Crippen LogP contribution < -0.4 is 5.32 Å². The highest BCUT2D eigenvalue weighted by Gasteiger charge is 2.36. The molecule has 0 aliphatic heterocycles. The van der Waals surface area contributed by atoms with Crippen LogP contribution in [-0.4, -0.2) is 12.0 Å². The molecule has 2 aromatic rings. The monoisotopic (exact) mass is 268 g/mol. The predicted molar refractivity (Wildman–Crippen MR) is 84.7 cm³/mol. The summed E-state index contributed by atoms with van der Waals surface area (Å²) in [6.07, 6.45) is 10.7. The quantitative estimate of drug-likeness (QED) is 0.888. The largest absolute Gasteiger partial charge is 0.312 e. The van der Waals surface area contributed by atoms with Gasteiger partial charge in [-0.25, -0.2) is 0 Å². The summed E-state index contributed by atoms with van der Waals surface area (Å²) in [6.45, 7) is 2.44. The van der Waals surface area contributed by atoms with Crippen LogP contribution in [0, 0.1) is 5.41 Å². The Morgan fingerprint density at radius 3 is 2.60 bits per heavy atom. The predicted octanol–water partition coefficient (Wildman–Crippen LogP) is 4.47. The Bertz CT molecular complexity index is 579. The van der Waals surface area contributed by atoms with Crippen molar-refractivity contribution in [1.82, 2.24) is 10.3 Å². The van der Waals surface area contributed by atoms with E-state index in [1.165, 1.54) is 48.4 Å². The zero-order valence-electron chi connectivity index (χ0n) is 12.5. The SMILES string of the molecule is CNC(c1cncc2ccccc12)C1(C)CCCCC1. The second kappa shape index (κ2) is 5.53. The molecule has 1 aliphatic carbocycles. The zero-order valence-corrected chi connectivity index (χ0v) is 12.5. The number of fused-ring (bicyclic) bond motifs is 1. The van der Waals surface area contributed by atoms with Crippen LogP contribution in [0.2, 0.25) is 0 Å². The molecule has 2 heteroatoms. The van der Waals surface area contributed by atoms with Gasteiger partial charge < -0.3 is 5.32 Å². The Kier molecular flexibility index (Phi) is 3.75. The molecule has 1 aromatic heterocycles. The lowest BCUT2D eigenvalue weighted by Gasteiger charge is -2.41. The molecule has 3 rings (SSSR count). The lowest BCUT2D eigenvalue weighted by molar-refractivity contribution is 0.151. The van der Waals surface area contributed by atoms with E-state index in [1.807, 2.05) is 6.20 Å². The second-order valence-electron chi connectivity index (χ2n) is 6.39. The molecular weight excluding hydrogens is 244 g/mol. The molecule has 1 unspecified atom stereocenters. The first-order valence-electron chi connectivity index (χ1n) is 7.74. The van der Waals surface area contributed by atoms with Gasteiger partial charge in [0.2, 0.25) is 0 Å². The smallest absolute Gasteiger partial charge is 0.0393 e. The zero-order chi connectivity index (χ0) is 14.0. The first-order valence-corrected chi connectivity index (χ1v) is 7.74. The number of aromatic nitrogens is 1. The topological polar surface area (TPSA) is 24.9 Å². The molecule has 1 N–H and O–H groups in total. The van der Waals surface area contributed by atoms with Gasteiger partial charge in [0.25, 0.3) is 0 Å². The molecular formula is C18H24N2. The third kappa shape index (κ3) is 2.33. The van der Waals surface area contributed by atoms with Crippen LogP contribution in [0.25, 0.3) is 10.8 Å². The van der Waals surface area contributed by atoms with Gasteiger partial charge in [0.1, 0.15) is 0 Å². The average molecular weight is 268 g/mol. The first-order chi connectivity index (χ1) is 9.74. The van der Waals surface area contributed by atoms with E-state index >= 15 is 0 Å². The molecule has 0 radical (unpaired) electrons. The Balaban J connectivity index is 2.07. The molecule has 0 bridgehead atoms. The van der Waals surface area contributed by atoms with Crippen molar-refractivity contribution in [2.45, 2.75) is 45.1 Å². The van der Waals surface area contributed by atoms with Gasteiger partial charge in [0.05, 0.1) is 0 Å². The molecule has 1 aromatic carbocycles. The van der Waals surface area contributed by atoms with Gasteiger partial charge in [0, 0.05) is 23.8 Å². The van der Waals surface area contributed by atoms with Crippen molar-refractivity contribution in [3.8, 4) is 0 Å². The number of rotatable bonds is 3. The standard InChI is InChI=1S/C18H24N2/c1-18(10-6-3-7-11-18)17(19-2)16-13-20-12-14-8-4-5-9-15(14)16/h4-5,8-9,12-13,17,19H,3,6-7,10-11H2,1-2H3. The van der Waals surface area contributed by atoms with E-state index in [0.29, 0.717) is 11.5 Å². The summed E-state index contributed by atoms with van der Waals surface area (Å²) < 4.78 is 0. The van der Waals surface area contributed by atoms with Crippen LogP contribution in [0.5, 0.6) is 0 Å². The second-order valence-corrected chi connectivity index (χ2v) is 6.39. The maximum atomic E-state index is 4.47. The van der Waals surface area contributed by atoms with Crippen molar-refractivity contribution in [2.24, 2.45) is 5.41 Å². The van der Waals surface area contributed by atoms with Crippen LogP contribution in [0.4, 0.5) is 0 Å². The highest BCUT2D eigenvalue weighted by atomic mass is 14.9. The molecule has 20 heavy (non-hydrogen) atoms. The van der Waals surface area contributed by atoms with Gasteiger partial charge in [0.15, 0.2) is 0 Å². The summed E-state index contributed by atoms with van der Waals surface area (Å²) in [4.78, 5) is 4.47. The Morgan fingerprint density at radius 1 is 1.10 bits per heavy atom. The molecule has 1 fully saturated rings. The van der Waals surface area contributed by atoms with Crippen molar-refractivity contribution in [3.63, 3.8) is 0 Å². The molecule has 0 saturated heterocycles. The summed E-state index contributed by atoms with van der Waals surface area (Å²) in [5.74, 6) is 0. The minimum Gasteiger partial charge on any atom is -0.312 e. The lowest BCUT2D eigenvalue weighted by atomic mass is 9.68. The summed E-state index contributed by atoms with van der Waals surface area (Å²) in [5, 5.41) is 6.16. The fourth-order valence-electron chi connectivity index (χ4n) is 3.90. The van der Waals surface area contributed by atoms with E-state index in [1.54, 1.807) is 0 Å². The Hall–Kier alpha value is -1.41. The Labute approximate surface area is 121 Å². The van der Waals surface area contributed by atoms with Gasteiger partial charge in [-0.05, 0) is 36.3 Å². The van der Waals surface area contributed by atoms with Gasteiger partial charge in [-0.1, -0.05) is 50.5 Å². The first kappa shape index (κ1) is 13.6.